The summed E-state index contributed by atoms with van der Waals surface area (Å²) in [6, 6.07) is 28.5. The van der Waals surface area contributed by atoms with Gasteiger partial charge in [-0.3, -0.25) is 4.98 Å². The molecule has 3 nitrogen and oxygen atoms in total. The summed E-state index contributed by atoms with van der Waals surface area (Å²) in [5, 5.41) is 14.0. The third kappa shape index (κ3) is 2.86. The van der Waals surface area contributed by atoms with E-state index >= 15 is 0 Å². The minimum absolute atomic E-state index is 0.245. The van der Waals surface area contributed by atoms with Gasteiger partial charge in [-0.25, -0.2) is 4.98 Å². The minimum atomic E-state index is 0.245. The van der Waals surface area contributed by atoms with Crippen molar-refractivity contribution in [2.45, 2.75) is 0 Å². The van der Waals surface area contributed by atoms with Crippen molar-refractivity contribution < 1.29 is 5.11 Å². The molecular weight excluding hydrogens is 444 g/mol. The smallest absolute Gasteiger partial charge is 0.124 e. The van der Waals surface area contributed by atoms with E-state index in [0.29, 0.717) is 0 Å². The van der Waals surface area contributed by atoms with Crippen molar-refractivity contribution in [1.29, 1.82) is 0 Å². The molecule has 7 rings (SSSR count). The molecule has 4 aromatic heterocycles. The van der Waals surface area contributed by atoms with E-state index in [1.807, 2.05) is 60.0 Å². The molecule has 1 N–H and O–H groups in total. The van der Waals surface area contributed by atoms with Crippen LogP contribution in [0, 0.1) is 0 Å². The zero-order valence-corrected chi connectivity index (χ0v) is 19.0. The van der Waals surface area contributed by atoms with Gasteiger partial charge >= 0.3 is 0 Å². The quantitative estimate of drug-likeness (QED) is 0.282. The van der Waals surface area contributed by atoms with Crippen LogP contribution in [-0.2, 0) is 0 Å². The molecule has 0 spiro atoms. The van der Waals surface area contributed by atoms with Gasteiger partial charge in [-0.05, 0) is 60.7 Å². The fourth-order valence-electron chi connectivity index (χ4n) is 4.53. The summed E-state index contributed by atoms with van der Waals surface area (Å²) in [4.78, 5) is 9.60. The molecule has 156 valence electrons. The van der Waals surface area contributed by atoms with Crippen LogP contribution in [0.25, 0.3) is 63.0 Å². The lowest BCUT2D eigenvalue weighted by Gasteiger charge is -2.04. The van der Waals surface area contributed by atoms with Crippen molar-refractivity contribution in [2.24, 2.45) is 0 Å². The monoisotopic (exact) mass is 460 g/mol. The van der Waals surface area contributed by atoms with Crippen LogP contribution < -0.4 is 0 Å². The SMILES string of the molecule is Oc1ccccc1-c1ccc2sc3ccc4sc5ccc(-c6ccccn6)cc5c4c3c2n1. The van der Waals surface area contributed by atoms with Gasteiger partial charge in [-0.15, -0.1) is 22.7 Å². The van der Waals surface area contributed by atoms with Crippen molar-refractivity contribution >= 4 is 63.1 Å². The predicted octanol–water partition coefficient (Wildman–Crippen LogP) is 8.25. The number of para-hydroxylation sites is 1. The van der Waals surface area contributed by atoms with Crippen LogP contribution in [0.3, 0.4) is 0 Å². The van der Waals surface area contributed by atoms with Crippen LogP contribution in [0.4, 0.5) is 0 Å². The number of hydrogen-bond donors (Lipinski definition) is 1. The fourth-order valence-corrected chi connectivity index (χ4v) is 6.68. The van der Waals surface area contributed by atoms with Crippen molar-refractivity contribution in [3.05, 3.63) is 91.1 Å². The van der Waals surface area contributed by atoms with Crippen LogP contribution >= 0.6 is 22.7 Å². The maximum absolute atomic E-state index is 10.4. The Labute approximate surface area is 197 Å². The van der Waals surface area contributed by atoms with E-state index in [2.05, 4.69) is 41.4 Å². The Morgan fingerprint density at radius 3 is 2.24 bits per heavy atom. The summed E-state index contributed by atoms with van der Waals surface area (Å²) in [5.74, 6) is 0.245. The number of nitrogens with zero attached hydrogens (tertiary/aromatic N) is 2. The highest BCUT2D eigenvalue weighted by Gasteiger charge is 2.16. The predicted molar refractivity (Wildman–Crippen MR) is 140 cm³/mol. The number of thiophene rings is 2. The number of benzene rings is 3. The molecule has 0 saturated carbocycles. The molecule has 0 radical (unpaired) electrons. The van der Waals surface area contributed by atoms with Gasteiger partial charge in [0.1, 0.15) is 5.75 Å². The Hall–Kier alpha value is -3.80. The number of phenols is 1. The molecule has 0 aliphatic rings. The first-order valence-corrected chi connectivity index (χ1v) is 12.3. The second-order valence-electron chi connectivity index (χ2n) is 8.00. The first-order chi connectivity index (χ1) is 16.3. The van der Waals surface area contributed by atoms with E-state index in [9.17, 15) is 5.11 Å². The number of hydrogen-bond acceptors (Lipinski definition) is 5. The van der Waals surface area contributed by atoms with Crippen LogP contribution in [0.1, 0.15) is 0 Å². The summed E-state index contributed by atoms with van der Waals surface area (Å²) < 4.78 is 4.89. The number of rotatable bonds is 2. The van der Waals surface area contributed by atoms with Crippen LogP contribution in [0.15, 0.2) is 91.1 Å². The molecule has 7 aromatic rings. The van der Waals surface area contributed by atoms with Crippen molar-refractivity contribution in [2.75, 3.05) is 0 Å². The molecule has 0 bridgehead atoms. The minimum Gasteiger partial charge on any atom is -0.507 e. The van der Waals surface area contributed by atoms with Gasteiger partial charge in [-0.2, -0.15) is 0 Å². The maximum atomic E-state index is 10.4. The van der Waals surface area contributed by atoms with E-state index < -0.39 is 0 Å². The van der Waals surface area contributed by atoms with Crippen molar-refractivity contribution in [1.82, 2.24) is 9.97 Å². The maximum Gasteiger partial charge on any atom is 0.124 e. The molecule has 4 heterocycles. The van der Waals surface area contributed by atoms with Crippen molar-refractivity contribution in [3.8, 4) is 28.3 Å². The fraction of sp³-hybridized carbons (Fsp3) is 0. The van der Waals surface area contributed by atoms with Gasteiger partial charge in [0.25, 0.3) is 0 Å². The Morgan fingerprint density at radius 2 is 1.39 bits per heavy atom. The Kier molecular flexibility index (Phi) is 4.03. The molecule has 33 heavy (non-hydrogen) atoms. The molecule has 0 atom stereocenters. The summed E-state index contributed by atoms with van der Waals surface area (Å²) in [6.07, 6.45) is 1.83. The molecular formula is C28H16N2OS2. The standard InChI is InChI=1S/C28H16N2OS2/c31-21-7-2-1-5-17(21)20-9-11-25-28(30-20)27-24(33-25)13-12-23-26(27)18-15-16(8-10-22(18)32-23)19-6-3-4-14-29-19/h1-15,31H. The lowest BCUT2D eigenvalue weighted by atomic mass is 10.0. The highest BCUT2D eigenvalue weighted by Crippen LogP contribution is 2.45. The van der Waals surface area contributed by atoms with E-state index in [-0.39, 0.29) is 5.75 Å². The lowest BCUT2D eigenvalue weighted by molar-refractivity contribution is 0.477. The second-order valence-corrected chi connectivity index (χ2v) is 10.2. The zero-order chi connectivity index (χ0) is 21.9. The van der Waals surface area contributed by atoms with E-state index in [4.69, 9.17) is 4.98 Å². The Bertz CT molecular complexity index is 1830. The number of aromatic nitrogens is 2. The van der Waals surface area contributed by atoms with Gasteiger partial charge in [0, 0.05) is 47.6 Å². The van der Waals surface area contributed by atoms with Gasteiger partial charge < -0.3 is 5.11 Å². The Morgan fingerprint density at radius 1 is 0.636 bits per heavy atom. The van der Waals surface area contributed by atoms with E-state index in [1.165, 1.54) is 30.3 Å². The molecule has 0 aliphatic heterocycles. The lowest BCUT2D eigenvalue weighted by Crippen LogP contribution is -1.84. The summed E-state index contributed by atoms with van der Waals surface area (Å²) >= 11 is 3.58. The molecule has 0 unspecified atom stereocenters. The van der Waals surface area contributed by atoms with Gasteiger partial charge in [0.05, 0.1) is 21.6 Å². The van der Waals surface area contributed by atoms with Gasteiger partial charge in [0.2, 0.25) is 0 Å². The van der Waals surface area contributed by atoms with Crippen LogP contribution in [-0.4, -0.2) is 15.1 Å². The van der Waals surface area contributed by atoms with E-state index in [0.717, 1.165) is 32.7 Å². The average molecular weight is 461 g/mol. The normalized spacial score (nSPS) is 11.8. The number of phenolic OH excluding ortho intramolecular Hbond substituents is 1. The summed E-state index contributed by atoms with van der Waals surface area (Å²) in [5.41, 5.74) is 4.61. The van der Waals surface area contributed by atoms with Crippen molar-refractivity contribution in [3.63, 3.8) is 0 Å². The number of aromatic hydroxyl groups is 1. The first-order valence-electron chi connectivity index (χ1n) is 10.6. The molecule has 3 aromatic carbocycles. The largest absolute Gasteiger partial charge is 0.507 e. The third-order valence-corrected chi connectivity index (χ3v) is 8.30. The second kappa shape index (κ2) is 7.10. The average Bonchev–Trinajstić information content (AvgIpc) is 3.41. The van der Waals surface area contributed by atoms with Crippen LogP contribution in [0.2, 0.25) is 0 Å². The molecule has 0 saturated heterocycles. The Balaban J connectivity index is 1.57. The highest BCUT2D eigenvalue weighted by atomic mass is 32.1. The molecule has 0 amide bonds. The molecule has 5 heteroatoms. The molecule has 0 aliphatic carbocycles. The highest BCUT2D eigenvalue weighted by molar-refractivity contribution is 7.28. The van der Waals surface area contributed by atoms with Crippen LogP contribution in [0.5, 0.6) is 5.75 Å². The summed E-state index contributed by atoms with van der Waals surface area (Å²) in [6.45, 7) is 0. The zero-order valence-electron chi connectivity index (χ0n) is 17.3. The third-order valence-electron chi connectivity index (χ3n) is 6.05. The first kappa shape index (κ1) is 18.7. The molecule has 0 fully saturated rings. The number of pyridine rings is 2. The van der Waals surface area contributed by atoms with Gasteiger partial charge in [-0.1, -0.05) is 24.3 Å². The number of fused-ring (bicyclic) bond motifs is 7. The van der Waals surface area contributed by atoms with Gasteiger partial charge in [0.15, 0.2) is 0 Å². The topological polar surface area (TPSA) is 46.0 Å². The van der Waals surface area contributed by atoms with E-state index in [1.54, 1.807) is 17.4 Å². The summed E-state index contributed by atoms with van der Waals surface area (Å²) in [7, 11) is 0.